The molecule has 0 aromatic heterocycles. The van der Waals surface area contributed by atoms with Crippen molar-refractivity contribution >= 4 is 17.5 Å². The molecule has 1 fully saturated rings. The van der Waals surface area contributed by atoms with E-state index in [4.69, 9.17) is 14.2 Å². The van der Waals surface area contributed by atoms with Gasteiger partial charge in [0, 0.05) is 25.2 Å². The number of hydrogen-bond acceptors (Lipinski definition) is 5. The number of carbonyl (C=O) groups excluding carboxylic acids is 2. The zero-order chi connectivity index (χ0) is 18.6. The lowest BCUT2D eigenvalue weighted by Gasteiger charge is -2.16. The highest BCUT2D eigenvalue weighted by molar-refractivity contribution is 5.95. The predicted octanol–water partition coefficient (Wildman–Crippen LogP) is 2.24. The van der Waals surface area contributed by atoms with Crippen LogP contribution in [-0.4, -0.2) is 31.8 Å². The summed E-state index contributed by atoms with van der Waals surface area (Å²) in [7, 11) is 0. The van der Waals surface area contributed by atoms with E-state index in [2.05, 4.69) is 5.32 Å². The number of rotatable bonds is 6. The molecule has 7 nitrogen and oxygen atoms in total. The van der Waals surface area contributed by atoms with Crippen molar-refractivity contribution in [3.63, 3.8) is 0 Å². The van der Waals surface area contributed by atoms with E-state index < -0.39 is 0 Å². The zero-order valence-electron chi connectivity index (χ0n) is 14.8. The minimum absolute atomic E-state index is 0.0768. The number of carbonyl (C=O) groups is 2. The molecular formula is C20H20N2O5. The van der Waals surface area contributed by atoms with Gasteiger partial charge in [-0.1, -0.05) is 6.07 Å². The number of ether oxygens (including phenoxy) is 3. The summed E-state index contributed by atoms with van der Waals surface area (Å²) in [6.45, 7) is 1.28. The Bertz CT molecular complexity index is 850. The molecule has 0 radical (unpaired) electrons. The number of nitrogens with one attached hydrogen (secondary N) is 1. The smallest absolute Gasteiger partial charge is 0.258 e. The van der Waals surface area contributed by atoms with Crippen LogP contribution in [-0.2, 0) is 16.1 Å². The predicted molar refractivity (Wildman–Crippen MR) is 97.9 cm³/mol. The van der Waals surface area contributed by atoms with Crippen molar-refractivity contribution in [2.45, 2.75) is 19.4 Å². The largest absolute Gasteiger partial charge is 0.484 e. The topological polar surface area (TPSA) is 77.1 Å². The zero-order valence-corrected chi connectivity index (χ0v) is 14.8. The Labute approximate surface area is 156 Å². The van der Waals surface area contributed by atoms with Gasteiger partial charge in [0.15, 0.2) is 18.1 Å². The van der Waals surface area contributed by atoms with Crippen LogP contribution in [0, 0.1) is 0 Å². The summed E-state index contributed by atoms with van der Waals surface area (Å²) in [6.07, 6.45) is 1.49. The normalized spacial score (nSPS) is 15.1. The SMILES string of the molecule is O=C(COc1ccc(N2CCCC2=O)cc1)NCc1ccc2c(c1)OCO2. The summed E-state index contributed by atoms with van der Waals surface area (Å²) in [6, 6.07) is 12.8. The average Bonchev–Trinajstić information content (AvgIpc) is 3.33. The Morgan fingerprint density at radius 3 is 2.70 bits per heavy atom. The van der Waals surface area contributed by atoms with E-state index in [9.17, 15) is 9.59 Å². The molecule has 7 heteroatoms. The van der Waals surface area contributed by atoms with Gasteiger partial charge in [-0.2, -0.15) is 0 Å². The minimum Gasteiger partial charge on any atom is -0.484 e. The Balaban J connectivity index is 1.25. The lowest BCUT2D eigenvalue weighted by atomic mass is 10.2. The molecule has 0 bridgehead atoms. The van der Waals surface area contributed by atoms with Crippen LogP contribution in [0.5, 0.6) is 17.2 Å². The second-order valence-corrected chi connectivity index (χ2v) is 6.40. The number of hydrogen-bond donors (Lipinski definition) is 1. The second-order valence-electron chi connectivity index (χ2n) is 6.40. The van der Waals surface area contributed by atoms with Crippen LogP contribution in [0.15, 0.2) is 42.5 Å². The fraction of sp³-hybridized carbons (Fsp3) is 0.300. The van der Waals surface area contributed by atoms with Gasteiger partial charge in [0.05, 0.1) is 0 Å². The van der Waals surface area contributed by atoms with E-state index in [1.54, 1.807) is 17.0 Å². The third kappa shape index (κ3) is 3.97. The van der Waals surface area contributed by atoms with Crippen molar-refractivity contribution in [3.05, 3.63) is 48.0 Å². The number of amides is 2. The fourth-order valence-electron chi connectivity index (χ4n) is 3.09. The van der Waals surface area contributed by atoms with E-state index in [-0.39, 0.29) is 25.2 Å². The average molecular weight is 368 g/mol. The molecule has 2 aromatic rings. The summed E-state index contributed by atoms with van der Waals surface area (Å²) in [4.78, 5) is 25.5. The molecule has 2 aliphatic rings. The molecule has 140 valence electrons. The highest BCUT2D eigenvalue weighted by Gasteiger charge is 2.21. The highest BCUT2D eigenvalue weighted by atomic mass is 16.7. The van der Waals surface area contributed by atoms with Gasteiger partial charge in [0.1, 0.15) is 5.75 Å². The van der Waals surface area contributed by atoms with Crippen LogP contribution in [0.1, 0.15) is 18.4 Å². The standard InChI is InChI=1S/C20H20N2O5/c23-19(21-11-14-3-8-17-18(10-14)27-13-26-17)12-25-16-6-4-15(5-7-16)22-9-1-2-20(22)24/h3-8,10H,1-2,9,11-13H2,(H,21,23). The third-order valence-electron chi connectivity index (χ3n) is 4.52. The number of nitrogens with zero attached hydrogens (tertiary/aromatic N) is 1. The van der Waals surface area contributed by atoms with Crippen molar-refractivity contribution in [2.24, 2.45) is 0 Å². The third-order valence-corrected chi connectivity index (χ3v) is 4.52. The molecule has 1 N–H and O–H groups in total. The van der Waals surface area contributed by atoms with Crippen molar-refractivity contribution in [1.29, 1.82) is 0 Å². The lowest BCUT2D eigenvalue weighted by Crippen LogP contribution is -2.28. The van der Waals surface area contributed by atoms with Crippen molar-refractivity contribution in [2.75, 3.05) is 24.8 Å². The number of anilines is 1. The van der Waals surface area contributed by atoms with Crippen LogP contribution >= 0.6 is 0 Å². The Kier molecular flexibility index (Phi) is 4.82. The molecule has 0 atom stereocenters. The molecule has 1 saturated heterocycles. The summed E-state index contributed by atoms with van der Waals surface area (Å²) < 4.78 is 16.1. The first-order valence-electron chi connectivity index (χ1n) is 8.87. The molecule has 0 unspecified atom stereocenters. The van der Waals surface area contributed by atoms with Gasteiger partial charge in [0.25, 0.3) is 5.91 Å². The first kappa shape index (κ1) is 17.2. The van der Waals surface area contributed by atoms with Crippen LogP contribution in [0.4, 0.5) is 5.69 Å². The summed E-state index contributed by atoms with van der Waals surface area (Å²) in [5.74, 6) is 1.92. The molecular weight excluding hydrogens is 348 g/mol. The number of fused-ring (bicyclic) bond motifs is 1. The van der Waals surface area contributed by atoms with Gasteiger partial charge in [-0.05, 0) is 48.4 Å². The van der Waals surface area contributed by atoms with Crippen molar-refractivity contribution < 1.29 is 23.8 Å². The first-order chi connectivity index (χ1) is 13.2. The Morgan fingerprint density at radius 2 is 1.93 bits per heavy atom. The van der Waals surface area contributed by atoms with Gasteiger partial charge in [0.2, 0.25) is 12.7 Å². The van der Waals surface area contributed by atoms with E-state index in [0.29, 0.717) is 30.2 Å². The van der Waals surface area contributed by atoms with Gasteiger partial charge >= 0.3 is 0 Å². The molecule has 2 amide bonds. The fourth-order valence-corrected chi connectivity index (χ4v) is 3.09. The Hall–Kier alpha value is -3.22. The van der Waals surface area contributed by atoms with Gasteiger partial charge < -0.3 is 24.4 Å². The van der Waals surface area contributed by atoms with Crippen molar-refractivity contribution in [3.8, 4) is 17.2 Å². The van der Waals surface area contributed by atoms with Gasteiger partial charge in [-0.3, -0.25) is 9.59 Å². The molecule has 2 aromatic carbocycles. The van der Waals surface area contributed by atoms with Crippen LogP contribution < -0.4 is 24.4 Å². The maximum Gasteiger partial charge on any atom is 0.258 e. The monoisotopic (exact) mass is 368 g/mol. The Morgan fingerprint density at radius 1 is 1.11 bits per heavy atom. The maximum absolute atomic E-state index is 12.0. The van der Waals surface area contributed by atoms with Crippen LogP contribution in [0.2, 0.25) is 0 Å². The molecule has 0 saturated carbocycles. The number of benzene rings is 2. The van der Waals surface area contributed by atoms with Crippen molar-refractivity contribution in [1.82, 2.24) is 5.32 Å². The maximum atomic E-state index is 12.0. The molecule has 27 heavy (non-hydrogen) atoms. The van der Waals surface area contributed by atoms with E-state index in [1.165, 1.54) is 0 Å². The van der Waals surface area contributed by atoms with Gasteiger partial charge in [-0.15, -0.1) is 0 Å². The second kappa shape index (κ2) is 7.57. The first-order valence-corrected chi connectivity index (χ1v) is 8.87. The van der Waals surface area contributed by atoms with Crippen LogP contribution in [0.25, 0.3) is 0 Å². The minimum atomic E-state index is -0.216. The molecule has 2 aliphatic heterocycles. The lowest BCUT2D eigenvalue weighted by molar-refractivity contribution is -0.123. The summed E-state index contributed by atoms with van der Waals surface area (Å²) in [5, 5.41) is 2.81. The molecule has 0 aliphatic carbocycles. The van der Waals surface area contributed by atoms with E-state index in [1.807, 2.05) is 30.3 Å². The summed E-state index contributed by atoms with van der Waals surface area (Å²) in [5.41, 5.74) is 1.78. The molecule has 2 heterocycles. The van der Waals surface area contributed by atoms with E-state index >= 15 is 0 Å². The summed E-state index contributed by atoms with van der Waals surface area (Å²) >= 11 is 0. The quantitative estimate of drug-likeness (QED) is 0.846. The highest BCUT2D eigenvalue weighted by Crippen LogP contribution is 2.32. The molecule has 0 spiro atoms. The molecule has 4 rings (SSSR count). The van der Waals surface area contributed by atoms with Crippen LogP contribution in [0.3, 0.4) is 0 Å². The van der Waals surface area contributed by atoms with Gasteiger partial charge in [-0.25, -0.2) is 0 Å². The van der Waals surface area contributed by atoms with E-state index in [0.717, 1.165) is 24.2 Å².